The van der Waals surface area contributed by atoms with Crippen LogP contribution in [0.3, 0.4) is 0 Å². The van der Waals surface area contributed by atoms with Crippen molar-refractivity contribution in [3.63, 3.8) is 0 Å². The standard InChI is InChI=1S/C19H25N3/c1-3-10-19(11-4-1)21-20-15-17-8-7-9-18(14-17)16-22-12-5-2-6-13-22/h1,3-4,7-11,14,20-21H,2,5-6,12-13,15-16H2. The first-order valence-electron chi connectivity index (χ1n) is 8.24. The average Bonchev–Trinajstić information content (AvgIpc) is 2.57. The summed E-state index contributed by atoms with van der Waals surface area (Å²) in [6.45, 7) is 4.40. The van der Waals surface area contributed by atoms with E-state index in [0.29, 0.717) is 0 Å². The molecule has 2 N–H and O–H groups in total. The number of nitrogens with one attached hydrogen (secondary N) is 2. The van der Waals surface area contributed by atoms with E-state index in [9.17, 15) is 0 Å². The maximum absolute atomic E-state index is 3.29. The zero-order chi connectivity index (χ0) is 15.0. The quantitative estimate of drug-likeness (QED) is 0.794. The highest BCUT2D eigenvalue weighted by atomic mass is 15.3. The van der Waals surface area contributed by atoms with Gasteiger partial charge in [0.25, 0.3) is 0 Å². The van der Waals surface area contributed by atoms with E-state index in [-0.39, 0.29) is 0 Å². The average molecular weight is 295 g/mol. The number of hydrazine groups is 1. The van der Waals surface area contributed by atoms with Crippen molar-refractivity contribution < 1.29 is 0 Å². The van der Waals surface area contributed by atoms with E-state index in [4.69, 9.17) is 0 Å². The summed E-state index contributed by atoms with van der Waals surface area (Å²) in [5.41, 5.74) is 10.3. The van der Waals surface area contributed by atoms with Gasteiger partial charge in [-0.1, -0.05) is 48.9 Å². The Balaban J connectivity index is 1.50. The zero-order valence-electron chi connectivity index (χ0n) is 13.1. The first-order chi connectivity index (χ1) is 10.9. The lowest BCUT2D eigenvalue weighted by molar-refractivity contribution is 0.221. The van der Waals surface area contributed by atoms with Gasteiger partial charge in [0.1, 0.15) is 0 Å². The van der Waals surface area contributed by atoms with Crippen LogP contribution in [0.2, 0.25) is 0 Å². The largest absolute Gasteiger partial charge is 0.321 e. The molecule has 3 rings (SSSR count). The number of para-hydroxylation sites is 1. The van der Waals surface area contributed by atoms with Crippen LogP contribution in [0.15, 0.2) is 54.6 Å². The van der Waals surface area contributed by atoms with E-state index in [1.165, 1.54) is 43.5 Å². The molecule has 0 atom stereocenters. The molecular formula is C19H25N3. The number of hydrogen-bond donors (Lipinski definition) is 2. The molecule has 3 heteroatoms. The van der Waals surface area contributed by atoms with E-state index in [2.05, 4.69) is 52.1 Å². The zero-order valence-corrected chi connectivity index (χ0v) is 13.1. The maximum atomic E-state index is 3.29. The SMILES string of the molecule is c1ccc(NNCc2cccc(CN3CCCCC3)c2)cc1. The Morgan fingerprint density at radius 1 is 0.818 bits per heavy atom. The minimum Gasteiger partial charge on any atom is -0.321 e. The van der Waals surface area contributed by atoms with Crippen molar-refractivity contribution in [1.82, 2.24) is 10.3 Å². The monoisotopic (exact) mass is 295 g/mol. The van der Waals surface area contributed by atoms with Crippen LogP contribution in [-0.4, -0.2) is 18.0 Å². The van der Waals surface area contributed by atoms with Crippen LogP contribution < -0.4 is 10.9 Å². The van der Waals surface area contributed by atoms with Crippen molar-refractivity contribution in [2.24, 2.45) is 0 Å². The summed E-state index contributed by atoms with van der Waals surface area (Å²) in [6, 6.07) is 19.1. The van der Waals surface area contributed by atoms with E-state index in [0.717, 1.165) is 18.8 Å². The molecule has 2 aromatic carbocycles. The fourth-order valence-electron chi connectivity index (χ4n) is 2.98. The van der Waals surface area contributed by atoms with Crippen molar-refractivity contribution in [1.29, 1.82) is 0 Å². The molecule has 1 saturated heterocycles. The van der Waals surface area contributed by atoms with Gasteiger partial charge in [0.05, 0.1) is 0 Å². The van der Waals surface area contributed by atoms with E-state index in [1.54, 1.807) is 0 Å². The molecule has 1 aliphatic rings. The van der Waals surface area contributed by atoms with Crippen LogP contribution in [0.1, 0.15) is 30.4 Å². The van der Waals surface area contributed by atoms with E-state index >= 15 is 0 Å². The Morgan fingerprint density at radius 2 is 1.59 bits per heavy atom. The summed E-state index contributed by atoms with van der Waals surface area (Å²) in [6.07, 6.45) is 4.09. The topological polar surface area (TPSA) is 27.3 Å². The number of hydrogen-bond acceptors (Lipinski definition) is 3. The Kier molecular flexibility index (Phi) is 5.46. The van der Waals surface area contributed by atoms with Gasteiger partial charge in [0.15, 0.2) is 0 Å². The van der Waals surface area contributed by atoms with Gasteiger partial charge >= 0.3 is 0 Å². The van der Waals surface area contributed by atoms with Gasteiger partial charge in [-0.05, 0) is 49.2 Å². The predicted octanol–water partition coefficient (Wildman–Crippen LogP) is 3.79. The molecule has 22 heavy (non-hydrogen) atoms. The molecule has 0 unspecified atom stereocenters. The minimum absolute atomic E-state index is 0.822. The third-order valence-electron chi connectivity index (χ3n) is 4.15. The highest BCUT2D eigenvalue weighted by molar-refractivity contribution is 5.41. The summed E-state index contributed by atoms with van der Waals surface area (Å²) in [4.78, 5) is 2.57. The Labute approximate surface area is 133 Å². The van der Waals surface area contributed by atoms with Crippen molar-refractivity contribution in [2.45, 2.75) is 32.4 Å². The van der Waals surface area contributed by atoms with Crippen LogP contribution >= 0.6 is 0 Å². The van der Waals surface area contributed by atoms with Gasteiger partial charge in [-0.2, -0.15) is 0 Å². The molecule has 1 fully saturated rings. The third-order valence-corrected chi connectivity index (χ3v) is 4.15. The fraction of sp³-hybridized carbons (Fsp3) is 0.368. The lowest BCUT2D eigenvalue weighted by Gasteiger charge is -2.26. The summed E-state index contributed by atoms with van der Waals surface area (Å²) in [7, 11) is 0. The molecule has 0 aromatic heterocycles. The highest BCUT2D eigenvalue weighted by Gasteiger charge is 2.10. The van der Waals surface area contributed by atoms with Gasteiger partial charge in [0.2, 0.25) is 0 Å². The van der Waals surface area contributed by atoms with Crippen molar-refractivity contribution in [3.05, 3.63) is 65.7 Å². The molecule has 3 nitrogen and oxygen atoms in total. The second-order valence-electron chi connectivity index (χ2n) is 6.00. The summed E-state index contributed by atoms with van der Waals surface area (Å²) in [5, 5.41) is 0. The molecule has 1 aliphatic heterocycles. The van der Waals surface area contributed by atoms with Crippen molar-refractivity contribution in [2.75, 3.05) is 18.5 Å². The number of rotatable bonds is 6. The summed E-state index contributed by atoms with van der Waals surface area (Å²) in [5.74, 6) is 0. The lowest BCUT2D eigenvalue weighted by Crippen LogP contribution is -2.29. The van der Waals surface area contributed by atoms with Crippen LogP contribution in [-0.2, 0) is 13.1 Å². The van der Waals surface area contributed by atoms with Gasteiger partial charge in [-0.25, -0.2) is 5.43 Å². The molecule has 116 valence electrons. The Morgan fingerprint density at radius 3 is 2.41 bits per heavy atom. The molecule has 2 aromatic rings. The van der Waals surface area contributed by atoms with Crippen LogP contribution in [0.5, 0.6) is 0 Å². The lowest BCUT2D eigenvalue weighted by atomic mass is 10.1. The maximum Gasteiger partial charge on any atom is 0.0487 e. The number of piperidine rings is 1. The molecule has 0 aliphatic carbocycles. The first kappa shape index (κ1) is 15.1. The number of nitrogens with zero attached hydrogens (tertiary/aromatic N) is 1. The van der Waals surface area contributed by atoms with Gasteiger partial charge in [-0.15, -0.1) is 0 Å². The van der Waals surface area contributed by atoms with Gasteiger partial charge in [-0.3, -0.25) is 4.90 Å². The minimum atomic E-state index is 0.822. The smallest absolute Gasteiger partial charge is 0.0487 e. The number of likely N-dealkylation sites (tertiary alicyclic amines) is 1. The summed E-state index contributed by atoms with van der Waals surface area (Å²) >= 11 is 0. The second kappa shape index (κ2) is 7.97. The summed E-state index contributed by atoms with van der Waals surface area (Å²) < 4.78 is 0. The molecule has 0 radical (unpaired) electrons. The van der Waals surface area contributed by atoms with Crippen LogP contribution in [0.4, 0.5) is 5.69 Å². The molecule has 0 saturated carbocycles. The van der Waals surface area contributed by atoms with Gasteiger partial charge < -0.3 is 5.43 Å². The molecule has 1 heterocycles. The van der Waals surface area contributed by atoms with Crippen molar-refractivity contribution >= 4 is 5.69 Å². The van der Waals surface area contributed by atoms with Crippen LogP contribution in [0.25, 0.3) is 0 Å². The normalized spacial score (nSPS) is 15.6. The Hall–Kier alpha value is -1.84. The highest BCUT2D eigenvalue weighted by Crippen LogP contribution is 2.14. The van der Waals surface area contributed by atoms with E-state index in [1.807, 2.05) is 18.2 Å². The molecule has 0 spiro atoms. The molecule has 0 amide bonds. The van der Waals surface area contributed by atoms with Crippen LogP contribution in [0, 0.1) is 0 Å². The number of benzene rings is 2. The predicted molar refractivity (Wildman–Crippen MR) is 92.5 cm³/mol. The molecular weight excluding hydrogens is 270 g/mol. The van der Waals surface area contributed by atoms with Gasteiger partial charge in [0, 0.05) is 18.8 Å². The fourth-order valence-corrected chi connectivity index (χ4v) is 2.98. The van der Waals surface area contributed by atoms with Crippen molar-refractivity contribution in [3.8, 4) is 0 Å². The number of anilines is 1. The Bertz CT molecular complexity index is 562. The first-order valence-corrected chi connectivity index (χ1v) is 8.24. The molecule has 0 bridgehead atoms. The third kappa shape index (κ3) is 4.58. The van der Waals surface area contributed by atoms with E-state index < -0.39 is 0 Å². The second-order valence-corrected chi connectivity index (χ2v) is 6.00.